The zero-order chi connectivity index (χ0) is 10.8. The molecule has 4 nitrogen and oxygen atoms in total. The van der Waals surface area contributed by atoms with Gasteiger partial charge in [0.25, 0.3) is 5.91 Å². The maximum Gasteiger partial charge on any atom is 0.251 e. The Morgan fingerprint density at radius 3 is 2.80 bits per heavy atom. The number of amides is 1. The first-order chi connectivity index (χ1) is 7.20. The summed E-state index contributed by atoms with van der Waals surface area (Å²) in [6.07, 6.45) is 2.51. The van der Waals surface area contributed by atoms with Crippen molar-refractivity contribution in [3.05, 3.63) is 23.8 Å². The molecule has 0 bridgehead atoms. The van der Waals surface area contributed by atoms with Gasteiger partial charge in [-0.25, -0.2) is 0 Å². The van der Waals surface area contributed by atoms with Gasteiger partial charge in [-0.05, 0) is 31.0 Å². The van der Waals surface area contributed by atoms with Gasteiger partial charge in [0.1, 0.15) is 5.75 Å². The summed E-state index contributed by atoms with van der Waals surface area (Å²) in [5, 5.41) is 2.55. The van der Waals surface area contributed by atoms with Gasteiger partial charge in [0.05, 0.1) is 11.8 Å². The zero-order valence-corrected chi connectivity index (χ0v) is 8.62. The first kappa shape index (κ1) is 9.83. The van der Waals surface area contributed by atoms with E-state index in [2.05, 4.69) is 5.32 Å². The van der Waals surface area contributed by atoms with Crippen LogP contribution < -0.4 is 15.8 Å². The van der Waals surface area contributed by atoms with Gasteiger partial charge in [-0.15, -0.1) is 0 Å². The van der Waals surface area contributed by atoms with E-state index < -0.39 is 0 Å². The third-order valence-electron chi connectivity index (χ3n) is 2.32. The van der Waals surface area contributed by atoms with E-state index in [1.807, 2.05) is 0 Å². The van der Waals surface area contributed by atoms with Crippen LogP contribution in [0, 0.1) is 0 Å². The predicted octanol–water partition coefficient (Wildman–Crippen LogP) is 1.17. The monoisotopic (exact) mass is 206 g/mol. The van der Waals surface area contributed by atoms with Gasteiger partial charge in [-0.1, -0.05) is 0 Å². The average molecular weight is 206 g/mol. The summed E-state index contributed by atoms with van der Waals surface area (Å²) in [5.74, 6) is 0.532. The molecule has 0 aliphatic heterocycles. The van der Waals surface area contributed by atoms with Crippen LogP contribution in [0.1, 0.15) is 23.2 Å². The topological polar surface area (TPSA) is 64.3 Å². The molecule has 0 unspecified atom stereocenters. The molecule has 1 saturated carbocycles. The van der Waals surface area contributed by atoms with Crippen molar-refractivity contribution in [3.63, 3.8) is 0 Å². The van der Waals surface area contributed by atoms with Crippen LogP contribution in [0.2, 0.25) is 0 Å². The quantitative estimate of drug-likeness (QED) is 0.730. The van der Waals surface area contributed by atoms with Crippen LogP contribution in [0.15, 0.2) is 18.2 Å². The molecular weight excluding hydrogens is 192 g/mol. The van der Waals surface area contributed by atoms with E-state index in [4.69, 9.17) is 10.5 Å². The van der Waals surface area contributed by atoms with E-state index in [-0.39, 0.29) is 5.91 Å². The number of carbonyl (C=O) groups is 1. The summed E-state index contributed by atoms with van der Waals surface area (Å²) >= 11 is 0. The minimum Gasteiger partial charge on any atom is -0.488 e. The van der Waals surface area contributed by atoms with E-state index in [1.54, 1.807) is 25.2 Å². The van der Waals surface area contributed by atoms with Gasteiger partial charge in [-0.2, -0.15) is 0 Å². The fourth-order valence-electron chi connectivity index (χ4n) is 1.31. The second kappa shape index (κ2) is 3.81. The third-order valence-corrected chi connectivity index (χ3v) is 2.32. The van der Waals surface area contributed by atoms with E-state index in [1.165, 1.54) is 0 Å². The minimum atomic E-state index is -0.139. The predicted molar refractivity (Wildman–Crippen MR) is 57.9 cm³/mol. The Hall–Kier alpha value is -1.71. The van der Waals surface area contributed by atoms with Crippen LogP contribution in [0.4, 0.5) is 5.69 Å². The van der Waals surface area contributed by atoms with Gasteiger partial charge in [0.2, 0.25) is 0 Å². The Bertz CT molecular complexity index is 386. The molecule has 0 spiro atoms. The lowest BCUT2D eigenvalue weighted by Gasteiger charge is -2.08. The van der Waals surface area contributed by atoms with Gasteiger partial charge >= 0.3 is 0 Å². The number of hydrogen-bond acceptors (Lipinski definition) is 3. The third kappa shape index (κ3) is 2.21. The smallest absolute Gasteiger partial charge is 0.251 e. The second-order valence-electron chi connectivity index (χ2n) is 3.65. The molecule has 1 aliphatic rings. The summed E-state index contributed by atoms with van der Waals surface area (Å²) < 4.78 is 5.57. The SMILES string of the molecule is CNC(=O)c1ccc(OC2CC2)c(N)c1. The summed E-state index contributed by atoms with van der Waals surface area (Å²) in [5.41, 5.74) is 6.86. The van der Waals surface area contributed by atoms with Crippen LogP contribution in [-0.4, -0.2) is 19.1 Å². The summed E-state index contributed by atoms with van der Waals surface area (Å²) in [6, 6.07) is 5.10. The Balaban J connectivity index is 2.17. The van der Waals surface area contributed by atoms with Crippen molar-refractivity contribution in [2.45, 2.75) is 18.9 Å². The standard InChI is InChI=1S/C11H14N2O2/c1-13-11(14)7-2-5-10(9(12)6-7)15-8-3-4-8/h2,5-6,8H,3-4,12H2,1H3,(H,13,14). The molecule has 0 saturated heterocycles. The van der Waals surface area contributed by atoms with Crippen molar-refractivity contribution in [1.82, 2.24) is 5.32 Å². The first-order valence-electron chi connectivity index (χ1n) is 4.99. The summed E-state index contributed by atoms with van der Waals surface area (Å²) in [7, 11) is 1.59. The second-order valence-corrected chi connectivity index (χ2v) is 3.65. The molecule has 0 radical (unpaired) electrons. The maximum absolute atomic E-state index is 11.3. The number of rotatable bonds is 3. The molecule has 1 aromatic rings. The van der Waals surface area contributed by atoms with E-state index in [0.29, 0.717) is 23.1 Å². The number of carbonyl (C=O) groups excluding carboxylic acids is 1. The highest BCUT2D eigenvalue weighted by molar-refractivity contribution is 5.95. The molecule has 4 heteroatoms. The molecule has 0 aromatic heterocycles. The van der Waals surface area contributed by atoms with Crippen molar-refractivity contribution in [2.24, 2.45) is 0 Å². The van der Waals surface area contributed by atoms with Crippen LogP contribution in [0.25, 0.3) is 0 Å². The number of nitrogens with two attached hydrogens (primary N) is 1. The molecule has 0 heterocycles. The van der Waals surface area contributed by atoms with Crippen LogP contribution in [0.3, 0.4) is 0 Å². The Morgan fingerprint density at radius 1 is 1.53 bits per heavy atom. The van der Waals surface area contributed by atoms with Crippen molar-refractivity contribution < 1.29 is 9.53 Å². The first-order valence-corrected chi connectivity index (χ1v) is 4.99. The lowest BCUT2D eigenvalue weighted by Crippen LogP contribution is -2.18. The van der Waals surface area contributed by atoms with Crippen molar-refractivity contribution in [1.29, 1.82) is 0 Å². The number of hydrogen-bond donors (Lipinski definition) is 2. The number of anilines is 1. The average Bonchev–Trinajstić information content (AvgIpc) is 3.04. The Labute approximate surface area is 88.4 Å². The highest BCUT2D eigenvalue weighted by atomic mass is 16.5. The lowest BCUT2D eigenvalue weighted by atomic mass is 10.2. The van der Waals surface area contributed by atoms with E-state index in [0.717, 1.165) is 12.8 Å². The molecular formula is C11H14N2O2. The number of nitrogen functional groups attached to an aromatic ring is 1. The number of benzene rings is 1. The summed E-state index contributed by atoms with van der Waals surface area (Å²) in [4.78, 5) is 11.3. The summed E-state index contributed by atoms with van der Waals surface area (Å²) in [6.45, 7) is 0. The van der Waals surface area contributed by atoms with Crippen molar-refractivity contribution in [2.75, 3.05) is 12.8 Å². The molecule has 80 valence electrons. The highest BCUT2D eigenvalue weighted by Crippen LogP contribution is 2.30. The van der Waals surface area contributed by atoms with Crippen LogP contribution in [-0.2, 0) is 0 Å². The van der Waals surface area contributed by atoms with E-state index in [9.17, 15) is 4.79 Å². The highest BCUT2D eigenvalue weighted by Gasteiger charge is 2.24. The largest absolute Gasteiger partial charge is 0.488 e. The van der Waals surface area contributed by atoms with E-state index >= 15 is 0 Å². The molecule has 0 atom stereocenters. The zero-order valence-electron chi connectivity index (χ0n) is 8.62. The van der Waals surface area contributed by atoms with Gasteiger partial charge in [0.15, 0.2) is 0 Å². The molecule has 1 aliphatic carbocycles. The number of nitrogens with one attached hydrogen (secondary N) is 1. The van der Waals surface area contributed by atoms with Crippen LogP contribution >= 0.6 is 0 Å². The molecule has 3 N–H and O–H groups in total. The Kier molecular flexibility index (Phi) is 2.49. The maximum atomic E-state index is 11.3. The molecule has 15 heavy (non-hydrogen) atoms. The van der Waals surface area contributed by atoms with Crippen molar-refractivity contribution in [3.8, 4) is 5.75 Å². The molecule has 1 amide bonds. The minimum absolute atomic E-state index is 0.139. The van der Waals surface area contributed by atoms with Gasteiger partial charge in [-0.3, -0.25) is 4.79 Å². The fourth-order valence-corrected chi connectivity index (χ4v) is 1.31. The normalized spacial score (nSPS) is 14.7. The van der Waals surface area contributed by atoms with Crippen LogP contribution in [0.5, 0.6) is 5.75 Å². The van der Waals surface area contributed by atoms with Crippen molar-refractivity contribution >= 4 is 11.6 Å². The Morgan fingerprint density at radius 2 is 2.27 bits per heavy atom. The van der Waals surface area contributed by atoms with Gasteiger partial charge in [0, 0.05) is 12.6 Å². The van der Waals surface area contributed by atoms with Gasteiger partial charge < -0.3 is 15.8 Å². The molecule has 2 rings (SSSR count). The molecule has 1 fully saturated rings. The lowest BCUT2D eigenvalue weighted by molar-refractivity contribution is 0.0963. The number of ether oxygens (including phenoxy) is 1. The molecule has 1 aromatic carbocycles. The fraction of sp³-hybridized carbons (Fsp3) is 0.364.